The lowest BCUT2D eigenvalue weighted by atomic mass is 10.0. The van der Waals surface area contributed by atoms with E-state index in [0.29, 0.717) is 12.0 Å². The Morgan fingerprint density at radius 2 is 2.25 bits per heavy atom. The van der Waals surface area contributed by atoms with E-state index in [2.05, 4.69) is 31.9 Å². The van der Waals surface area contributed by atoms with Crippen molar-refractivity contribution in [2.45, 2.75) is 26.3 Å². The van der Waals surface area contributed by atoms with Crippen molar-refractivity contribution in [2.75, 3.05) is 20.8 Å². The standard InChI is InChI=1S/C10H19NO/c1-5-9-6-10(7-12-4)11(3)8(9)2/h6,8-9H,5,7H2,1-4H3. The first-order valence-corrected chi connectivity index (χ1v) is 4.63. The molecule has 0 spiro atoms. The Balaban J connectivity index is 2.62. The van der Waals surface area contributed by atoms with Crippen LogP contribution < -0.4 is 0 Å². The summed E-state index contributed by atoms with van der Waals surface area (Å²) in [6, 6.07) is 0.639. The molecule has 1 heterocycles. The number of hydrogen-bond donors (Lipinski definition) is 0. The number of likely N-dealkylation sites (N-methyl/N-ethyl adjacent to an activating group) is 1. The van der Waals surface area contributed by atoms with Gasteiger partial charge in [0.1, 0.15) is 0 Å². The van der Waals surface area contributed by atoms with Crippen LogP contribution in [-0.2, 0) is 4.74 Å². The van der Waals surface area contributed by atoms with Gasteiger partial charge in [0.15, 0.2) is 0 Å². The molecule has 1 aliphatic rings. The maximum absolute atomic E-state index is 5.13. The summed E-state index contributed by atoms with van der Waals surface area (Å²) in [5.41, 5.74) is 1.33. The van der Waals surface area contributed by atoms with Crippen LogP contribution >= 0.6 is 0 Å². The Morgan fingerprint density at radius 3 is 2.67 bits per heavy atom. The van der Waals surface area contributed by atoms with Gasteiger partial charge in [-0.2, -0.15) is 0 Å². The van der Waals surface area contributed by atoms with Gasteiger partial charge in [0.2, 0.25) is 0 Å². The van der Waals surface area contributed by atoms with Crippen LogP contribution in [0.1, 0.15) is 20.3 Å². The van der Waals surface area contributed by atoms with Crippen LogP contribution in [0.25, 0.3) is 0 Å². The predicted molar refractivity (Wildman–Crippen MR) is 51.0 cm³/mol. The molecule has 0 radical (unpaired) electrons. The van der Waals surface area contributed by atoms with E-state index in [1.54, 1.807) is 7.11 Å². The fourth-order valence-electron chi connectivity index (χ4n) is 1.81. The minimum absolute atomic E-state index is 0.639. The molecule has 2 atom stereocenters. The van der Waals surface area contributed by atoms with Crippen molar-refractivity contribution in [1.29, 1.82) is 0 Å². The maximum Gasteiger partial charge on any atom is 0.0857 e. The van der Waals surface area contributed by atoms with Crippen LogP contribution in [0.3, 0.4) is 0 Å². The van der Waals surface area contributed by atoms with E-state index in [0.717, 1.165) is 6.61 Å². The number of nitrogens with zero attached hydrogens (tertiary/aromatic N) is 1. The van der Waals surface area contributed by atoms with Gasteiger partial charge in [-0.05, 0) is 19.3 Å². The molecule has 2 unspecified atom stereocenters. The predicted octanol–water partition coefficient (Wildman–Crippen LogP) is 1.88. The van der Waals surface area contributed by atoms with Crippen molar-refractivity contribution in [1.82, 2.24) is 4.90 Å². The van der Waals surface area contributed by atoms with Crippen LogP contribution in [-0.4, -0.2) is 31.7 Å². The van der Waals surface area contributed by atoms with E-state index < -0.39 is 0 Å². The normalized spacial score (nSPS) is 29.3. The lowest BCUT2D eigenvalue weighted by Gasteiger charge is -2.24. The highest BCUT2D eigenvalue weighted by Gasteiger charge is 2.26. The highest BCUT2D eigenvalue weighted by molar-refractivity contribution is 5.13. The molecule has 0 aromatic carbocycles. The monoisotopic (exact) mass is 169 g/mol. The van der Waals surface area contributed by atoms with Gasteiger partial charge in [0.25, 0.3) is 0 Å². The molecule has 0 fully saturated rings. The third-order valence-electron chi connectivity index (χ3n) is 2.85. The first kappa shape index (κ1) is 9.59. The van der Waals surface area contributed by atoms with Gasteiger partial charge < -0.3 is 9.64 Å². The van der Waals surface area contributed by atoms with Gasteiger partial charge in [-0.15, -0.1) is 0 Å². The molecule has 0 saturated heterocycles. The van der Waals surface area contributed by atoms with E-state index in [1.165, 1.54) is 12.1 Å². The first-order valence-electron chi connectivity index (χ1n) is 4.63. The van der Waals surface area contributed by atoms with Crippen LogP contribution in [0.5, 0.6) is 0 Å². The van der Waals surface area contributed by atoms with Crippen LogP contribution in [0.15, 0.2) is 11.8 Å². The van der Waals surface area contributed by atoms with E-state index in [-0.39, 0.29) is 0 Å². The Morgan fingerprint density at radius 1 is 1.58 bits per heavy atom. The Labute approximate surface area is 75.2 Å². The maximum atomic E-state index is 5.13. The van der Waals surface area contributed by atoms with Crippen molar-refractivity contribution < 1.29 is 4.74 Å². The average Bonchev–Trinajstić information content (AvgIpc) is 2.33. The van der Waals surface area contributed by atoms with E-state index >= 15 is 0 Å². The summed E-state index contributed by atoms with van der Waals surface area (Å²) in [4.78, 5) is 2.32. The molecular weight excluding hydrogens is 150 g/mol. The molecule has 2 heteroatoms. The molecule has 12 heavy (non-hydrogen) atoms. The molecule has 0 aromatic rings. The second kappa shape index (κ2) is 3.94. The third kappa shape index (κ3) is 1.63. The molecule has 0 N–H and O–H groups in total. The van der Waals surface area contributed by atoms with Crippen molar-refractivity contribution in [3.63, 3.8) is 0 Å². The highest BCUT2D eigenvalue weighted by Crippen LogP contribution is 2.27. The fourth-order valence-corrected chi connectivity index (χ4v) is 1.81. The van der Waals surface area contributed by atoms with Gasteiger partial charge in [-0.25, -0.2) is 0 Å². The lowest BCUT2D eigenvalue weighted by molar-refractivity contribution is 0.188. The van der Waals surface area contributed by atoms with Gasteiger partial charge >= 0.3 is 0 Å². The zero-order valence-corrected chi connectivity index (χ0v) is 8.50. The van der Waals surface area contributed by atoms with Gasteiger partial charge in [0.05, 0.1) is 6.61 Å². The van der Waals surface area contributed by atoms with Gasteiger partial charge in [-0.3, -0.25) is 0 Å². The summed E-state index contributed by atoms with van der Waals surface area (Å²) >= 11 is 0. The van der Waals surface area contributed by atoms with Crippen molar-refractivity contribution in [3.8, 4) is 0 Å². The van der Waals surface area contributed by atoms with E-state index in [1.807, 2.05) is 0 Å². The minimum atomic E-state index is 0.639. The Bertz CT molecular complexity index is 177. The minimum Gasteiger partial charge on any atom is -0.379 e. The van der Waals surface area contributed by atoms with Crippen LogP contribution in [0.2, 0.25) is 0 Å². The molecule has 1 aliphatic heterocycles. The zero-order valence-electron chi connectivity index (χ0n) is 8.50. The summed E-state index contributed by atoms with van der Waals surface area (Å²) < 4.78 is 5.13. The fraction of sp³-hybridized carbons (Fsp3) is 0.800. The molecule has 0 saturated carbocycles. The molecular formula is C10H19NO. The Hall–Kier alpha value is -0.500. The van der Waals surface area contributed by atoms with Crippen molar-refractivity contribution in [3.05, 3.63) is 11.8 Å². The molecule has 0 aromatic heterocycles. The highest BCUT2D eigenvalue weighted by atomic mass is 16.5. The van der Waals surface area contributed by atoms with E-state index in [9.17, 15) is 0 Å². The SMILES string of the molecule is CCC1C=C(COC)N(C)C1C. The van der Waals surface area contributed by atoms with E-state index in [4.69, 9.17) is 4.74 Å². The van der Waals surface area contributed by atoms with Crippen LogP contribution in [0.4, 0.5) is 0 Å². The largest absolute Gasteiger partial charge is 0.379 e. The van der Waals surface area contributed by atoms with Gasteiger partial charge in [-0.1, -0.05) is 13.0 Å². The number of hydrogen-bond acceptors (Lipinski definition) is 2. The molecule has 0 amide bonds. The first-order chi connectivity index (χ1) is 5.70. The topological polar surface area (TPSA) is 12.5 Å². The zero-order chi connectivity index (χ0) is 9.14. The molecule has 2 nitrogen and oxygen atoms in total. The average molecular weight is 169 g/mol. The van der Waals surface area contributed by atoms with Crippen molar-refractivity contribution in [2.24, 2.45) is 5.92 Å². The van der Waals surface area contributed by atoms with Gasteiger partial charge in [0, 0.05) is 25.9 Å². The third-order valence-corrected chi connectivity index (χ3v) is 2.85. The molecule has 0 bridgehead atoms. The summed E-state index contributed by atoms with van der Waals surface area (Å²) in [7, 11) is 3.89. The van der Waals surface area contributed by atoms with Crippen LogP contribution in [0, 0.1) is 5.92 Å². The smallest absolute Gasteiger partial charge is 0.0857 e. The molecule has 1 rings (SSSR count). The summed E-state index contributed by atoms with van der Waals surface area (Å²) in [5.74, 6) is 0.708. The molecule has 70 valence electrons. The quantitative estimate of drug-likeness (QED) is 0.639. The second-order valence-corrected chi connectivity index (χ2v) is 3.51. The number of ether oxygens (including phenoxy) is 1. The van der Waals surface area contributed by atoms with Crippen molar-refractivity contribution >= 4 is 0 Å². The number of methoxy groups -OCH3 is 1. The molecule has 0 aliphatic carbocycles. The summed E-state index contributed by atoms with van der Waals surface area (Å²) in [6.07, 6.45) is 3.56. The Kier molecular flexibility index (Phi) is 3.15. The number of rotatable bonds is 3. The summed E-state index contributed by atoms with van der Waals surface area (Å²) in [6.45, 7) is 5.26. The second-order valence-electron chi connectivity index (χ2n) is 3.51. The summed E-state index contributed by atoms with van der Waals surface area (Å²) in [5, 5.41) is 0. The lowest BCUT2D eigenvalue weighted by Crippen LogP contribution is -2.28.